The Morgan fingerprint density at radius 3 is 2.50 bits per heavy atom. The van der Waals surface area contributed by atoms with Crippen molar-refractivity contribution in [1.29, 1.82) is 0 Å². The average Bonchev–Trinajstić information content (AvgIpc) is 2.19. The second kappa shape index (κ2) is 4.30. The van der Waals surface area contributed by atoms with Gasteiger partial charge in [0.25, 0.3) is 0 Å². The summed E-state index contributed by atoms with van der Waals surface area (Å²) in [5, 5.41) is 0. The summed E-state index contributed by atoms with van der Waals surface area (Å²) >= 11 is 0. The van der Waals surface area contributed by atoms with Crippen molar-refractivity contribution in [3.05, 3.63) is 0 Å². The molecule has 1 unspecified atom stereocenters. The van der Waals surface area contributed by atoms with Gasteiger partial charge in [0.15, 0.2) is 0 Å². The first-order valence-corrected chi connectivity index (χ1v) is 5.79. The quantitative estimate of drug-likeness (QED) is 0.631. The van der Waals surface area contributed by atoms with Crippen LogP contribution < -0.4 is 0 Å². The van der Waals surface area contributed by atoms with E-state index < -0.39 is 0 Å². The number of piperidine rings is 1. The monoisotopic (exact) mass is 196 g/mol. The van der Waals surface area contributed by atoms with Crippen LogP contribution in [0.4, 0.5) is 0 Å². The fraction of sp³-hybridized carbons (Fsp3) is 0.909. The largest absolute Gasteiger partial charge is 0.338 e. The molecule has 0 aromatic rings. The summed E-state index contributed by atoms with van der Waals surface area (Å²) in [7, 11) is 0. The summed E-state index contributed by atoms with van der Waals surface area (Å²) in [6.45, 7) is 6.63. The molecule has 0 spiro atoms. The second-order valence-corrected chi connectivity index (χ2v) is 4.54. The van der Waals surface area contributed by atoms with Gasteiger partial charge in [-0.3, -0.25) is 4.79 Å². The van der Waals surface area contributed by atoms with Gasteiger partial charge >= 0.3 is 0 Å². The number of hydrogen-bond donors (Lipinski definition) is 0. The zero-order valence-corrected chi connectivity index (χ0v) is 9.04. The number of carbonyl (C=O) groups is 1. The summed E-state index contributed by atoms with van der Waals surface area (Å²) in [5.74, 6) is 0.342. The first kappa shape index (κ1) is 9.97. The molecule has 2 rings (SSSR count). The lowest BCUT2D eigenvalue weighted by atomic mass is 10.0. The molecule has 0 N–H and O–H groups in total. The molecule has 3 heteroatoms. The molecule has 1 atom stereocenters. The van der Waals surface area contributed by atoms with Gasteiger partial charge in [0.2, 0.25) is 5.91 Å². The Bertz CT molecular complexity index is 211. The second-order valence-electron chi connectivity index (χ2n) is 4.54. The van der Waals surface area contributed by atoms with Crippen molar-refractivity contribution >= 4 is 5.91 Å². The molecule has 2 heterocycles. The topological polar surface area (TPSA) is 23.6 Å². The van der Waals surface area contributed by atoms with Crippen LogP contribution >= 0.6 is 0 Å². The highest BCUT2D eigenvalue weighted by atomic mass is 16.2. The SMILES string of the molecule is CC1CC(=O)N1CCN1CCCCC1. The first-order valence-electron chi connectivity index (χ1n) is 5.79. The highest BCUT2D eigenvalue weighted by Crippen LogP contribution is 2.18. The van der Waals surface area contributed by atoms with Gasteiger partial charge in [0.1, 0.15) is 0 Å². The highest BCUT2D eigenvalue weighted by molar-refractivity contribution is 5.82. The minimum atomic E-state index is 0.342. The number of likely N-dealkylation sites (tertiary alicyclic amines) is 2. The molecule has 80 valence electrons. The lowest BCUT2D eigenvalue weighted by molar-refractivity contribution is -0.145. The van der Waals surface area contributed by atoms with Gasteiger partial charge in [-0.05, 0) is 32.9 Å². The van der Waals surface area contributed by atoms with E-state index in [4.69, 9.17) is 0 Å². The molecule has 2 aliphatic rings. The number of carbonyl (C=O) groups excluding carboxylic acids is 1. The summed E-state index contributed by atoms with van der Waals surface area (Å²) in [6, 6.07) is 0.493. The van der Waals surface area contributed by atoms with Crippen LogP contribution in [-0.4, -0.2) is 47.9 Å². The zero-order valence-electron chi connectivity index (χ0n) is 9.04. The summed E-state index contributed by atoms with van der Waals surface area (Å²) in [4.78, 5) is 15.7. The van der Waals surface area contributed by atoms with Crippen molar-refractivity contribution in [1.82, 2.24) is 9.80 Å². The minimum absolute atomic E-state index is 0.342. The van der Waals surface area contributed by atoms with E-state index >= 15 is 0 Å². The Kier molecular flexibility index (Phi) is 3.06. The third-order valence-corrected chi connectivity index (χ3v) is 3.43. The van der Waals surface area contributed by atoms with Crippen molar-refractivity contribution in [2.45, 2.75) is 38.6 Å². The molecule has 0 bridgehead atoms. The summed E-state index contributed by atoms with van der Waals surface area (Å²) in [5.41, 5.74) is 0. The maximum Gasteiger partial charge on any atom is 0.224 e. The van der Waals surface area contributed by atoms with E-state index in [1.54, 1.807) is 0 Å². The van der Waals surface area contributed by atoms with E-state index in [1.807, 2.05) is 4.90 Å². The fourth-order valence-corrected chi connectivity index (χ4v) is 2.39. The smallest absolute Gasteiger partial charge is 0.224 e. The summed E-state index contributed by atoms with van der Waals surface area (Å²) in [6.07, 6.45) is 4.82. The summed E-state index contributed by atoms with van der Waals surface area (Å²) < 4.78 is 0. The lowest BCUT2D eigenvalue weighted by Gasteiger charge is -2.40. The van der Waals surface area contributed by atoms with Crippen LogP contribution in [0.3, 0.4) is 0 Å². The third kappa shape index (κ3) is 2.08. The van der Waals surface area contributed by atoms with Gasteiger partial charge in [-0.25, -0.2) is 0 Å². The molecule has 0 aromatic heterocycles. The molecule has 3 nitrogen and oxygen atoms in total. The van der Waals surface area contributed by atoms with E-state index in [2.05, 4.69) is 11.8 Å². The number of amides is 1. The molecule has 0 aromatic carbocycles. The van der Waals surface area contributed by atoms with Gasteiger partial charge in [-0.2, -0.15) is 0 Å². The molecule has 2 aliphatic heterocycles. The number of nitrogens with zero attached hydrogens (tertiary/aromatic N) is 2. The molecule has 0 saturated carbocycles. The fourth-order valence-electron chi connectivity index (χ4n) is 2.39. The lowest BCUT2D eigenvalue weighted by Crippen LogP contribution is -2.53. The maximum atomic E-state index is 11.2. The minimum Gasteiger partial charge on any atom is -0.338 e. The molecule has 2 saturated heterocycles. The van der Waals surface area contributed by atoms with Crippen molar-refractivity contribution in [3.8, 4) is 0 Å². The molecule has 14 heavy (non-hydrogen) atoms. The van der Waals surface area contributed by atoms with Gasteiger partial charge < -0.3 is 9.80 Å². The van der Waals surface area contributed by atoms with Crippen molar-refractivity contribution < 1.29 is 4.79 Å². The van der Waals surface area contributed by atoms with Crippen LogP contribution in [0.5, 0.6) is 0 Å². The molecular formula is C11H20N2O. The van der Waals surface area contributed by atoms with Crippen molar-refractivity contribution in [2.75, 3.05) is 26.2 Å². The Balaban J connectivity index is 1.68. The number of hydrogen-bond acceptors (Lipinski definition) is 2. The van der Waals surface area contributed by atoms with Crippen LogP contribution in [-0.2, 0) is 4.79 Å². The van der Waals surface area contributed by atoms with Crippen LogP contribution in [0.2, 0.25) is 0 Å². The van der Waals surface area contributed by atoms with E-state index in [0.29, 0.717) is 11.9 Å². The number of rotatable bonds is 3. The van der Waals surface area contributed by atoms with Crippen molar-refractivity contribution in [2.24, 2.45) is 0 Å². The van der Waals surface area contributed by atoms with Crippen LogP contribution in [0, 0.1) is 0 Å². The molecule has 0 aliphatic carbocycles. The van der Waals surface area contributed by atoms with Crippen LogP contribution in [0.25, 0.3) is 0 Å². The van der Waals surface area contributed by atoms with E-state index in [9.17, 15) is 4.79 Å². The molecule has 2 fully saturated rings. The third-order valence-electron chi connectivity index (χ3n) is 3.43. The van der Waals surface area contributed by atoms with Gasteiger partial charge in [0.05, 0.1) is 0 Å². The van der Waals surface area contributed by atoms with E-state index in [-0.39, 0.29) is 0 Å². The van der Waals surface area contributed by atoms with Gasteiger partial charge in [-0.15, -0.1) is 0 Å². The maximum absolute atomic E-state index is 11.2. The number of β-lactam (4-membered cyclic amide) rings is 1. The van der Waals surface area contributed by atoms with E-state index in [1.165, 1.54) is 32.4 Å². The highest BCUT2D eigenvalue weighted by Gasteiger charge is 2.31. The Labute approximate surface area is 86.1 Å². The van der Waals surface area contributed by atoms with Gasteiger partial charge in [0, 0.05) is 25.6 Å². The standard InChI is InChI=1S/C11H20N2O/c1-10-9-11(14)13(10)8-7-12-5-3-2-4-6-12/h10H,2-9H2,1H3. The first-order chi connectivity index (χ1) is 6.77. The zero-order chi connectivity index (χ0) is 9.97. The predicted molar refractivity (Wildman–Crippen MR) is 56.1 cm³/mol. The van der Waals surface area contributed by atoms with E-state index in [0.717, 1.165) is 19.5 Å². The van der Waals surface area contributed by atoms with Crippen LogP contribution in [0.1, 0.15) is 32.6 Å². The molecule has 1 amide bonds. The van der Waals surface area contributed by atoms with Crippen molar-refractivity contribution in [3.63, 3.8) is 0 Å². The molecule has 0 radical (unpaired) electrons. The Hall–Kier alpha value is -0.570. The Morgan fingerprint density at radius 2 is 1.93 bits per heavy atom. The normalized spacial score (nSPS) is 29.1. The average molecular weight is 196 g/mol. The van der Waals surface area contributed by atoms with Gasteiger partial charge in [-0.1, -0.05) is 6.42 Å². The molecular weight excluding hydrogens is 176 g/mol. The Morgan fingerprint density at radius 1 is 1.21 bits per heavy atom. The van der Waals surface area contributed by atoms with Crippen LogP contribution in [0.15, 0.2) is 0 Å². The predicted octanol–water partition coefficient (Wildman–Crippen LogP) is 1.09.